The van der Waals surface area contributed by atoms with Gasteiger partial charge in [0.2, 0.25) is 0 Å². The number of aromatic nitrogens is 1. The van der Waals surface area contributed by atoms with Crippen LogP contribution in [0.15, 0.2) is 60.8 Å². The van der Waals surface area contributed by atoms with Crippen LogP contribution in [0.5, 0.6) is 0 Å². The van der Waals surface area contributed by atoms with E-state index in [1.807, 2.05) is 43.5 Å². The highest BCUT2D eigenvalue weighted by molar-refractivity contribution is 5.97. The van der Waals surface area contributed by atoms with Crippen LogP contribution >= 0.6 is 0 Å². The van der Waals surface area contributed by atoms with Crippen molar-refractivity contribution in [3.05, 3.63) is 77.6 Å². The number of rotatable bonds is 5. The molecule has 3 rings (SSSR count). The Morgan fingerprint density at radius 3 is 2.59 bits per heavy atom. The predicted molar refractivity (Wildman–Crippen MR) is 87.2 cm³/mol. The molecule has 0 radical (unpaired) electrons. The van der Waals surface area contributed by atoms with Crippen LogP contribution in [0.4, 0.5) is 0 Å². The first-order valence-electron chi connectivity index (χ1n) is 7.59. The number of pyridine rings is 1. The molecule has 0 aliphatic heterocycles. The zero-order valence-electron chi connectivity index (χ0n) is 12.7. The summed E-state index contributed by atoms with van der Waals surface area (Å²) >= 11 is 0. The van der Waals surface area contributed by atoms with E-state index in [-0.39, 0.29) is 5.97 Å². The van der Waals surface area contributed by atoms with Crippen molar-refractivity contribution in [1.29, 1.82) is 0 Å². The second-order valence-corrected chi connectivity index (χ2v) is 5.21. The number of hydrogen-bond donors (Lipinski definition) is 0. The summed E-state index contributed by atoms with van der Waals surface area (Å²) in [6.45, 7) is 2.22. The van der Waals surface area contributed by atoms with Gasteiger partial charge in [0.1, 0.15) is 0 Å². The van der Waals surface area contributed by atoms with Gasteiger partial charge in [-0.15, -0.1) is 0 Å². The van der Waals surface area contributed by atoms with Gasteiger partial charge in [-0.25, -0.2) is 4.79 Å². The standard InChI is InChI=1S/C19H19NO2/c1-2-22-19(21)17-14-16(20-13-7-6-10-18(17)20)12-11-15-8-4-3-5-9-15/h3-10,13-14H,2,11-12H2,1H3. The second-order valence-electron chi connectivity index (χ2n) is 5.21. The van der Waals surface area contributed by atoms with Gasteiger partial charge in [-0.2, -0.15) is 0 Å². The van der Waals surface area contributed by atoms with Gasteiger partial charge in [-0.05, 0) is 43.5 Å². The Labute approximate surface area is 130 Å². The van der Waals surface area contributed by atoms with E-state index in [4.69, 9.17) is 4.74 Å². The van der Waals surface area contributed by atoms with Crippen LogP contribution in [0.3, 0.4) is 0 Å². The van der Waals surface area contributed by atoms with E-state index in [1.54, 1.807) is 0 Å². The number of carbonyl (C=O) groups is 1. The number of fused-ring (bicyclic) bond motifs is 1. The van der Waals surface area contributed by atoms with Crippen LogP contribution in [0, 0.1) is 0 Å². The number of hydrogen-bond acceptors (Lipinski definition) is 2. The molecule has 2 heterocycles. The van der Waals surface area contributed by atoms with E-state index < -0.39 is 0 Å². The molecule has 0 bridgehead atoms. The summed E-state index contributed by atoms with van der Waals surface area (Å²) in [5, 5.41) is 0. The molecule has 3 nitrogen and oxygen atoms in total. The molecule has 0 unspecified atom stereocenters. The van der Waals surface area contributed by atoms with Crippen molar-refractivity contribution in [1.82, 2.24) is 4.40 Å². The Hall–Kier alpha value is -2.55. The highest BCUT2D eigenvalue weighted by Gasteiger charge is 2.15. The number of carbonyl (C=O) groups excluding carboxylic acids is 1. The first-order chi connectivity index (χ1) is 10.8. The van der Waals surface area contributed by atoms with Crippen LogP contribution in [0.25, 0.3) is 5.52 Å². The van der Waals surface area contributed by atoms with Gasteiger partial charge in [0.05, 0.1) is 17.7 Å². The third kappa shape index (κ3) is 2.89. The summed E-state index contributed by atoms with van der Waals surface area (Å²) in [5.41, 5.74) is 3.98. The summed E-state index contributed by atoms with van der Waals surface area (Å²) in [4.78, 5) is 12.1. The van der Waals surface area contributed by atoms with Crippen molar-refractivity contribution in [2.24, 2.45) is 0 Å². The summed E-state index contributed by atoms with van der Waals surface area (Å²) in [5.74, 6) is -0.253. The smallest absolute Gasteiger partial charge is 0.340 e. The number of benzene rings is 1. The molecule has 3 heteroatoms. The number of nitrogens with zero attached hydrogens (tertiary/aromatic N) is 1. The van der Waals surface area contributed by atoms with Crippen LogP contribution in [0.2, 0.25) is 0 Å². The highest BCUT2D eigenvalue weighted by atomic mass is 16.5. The number of ether oxygens (including phenoxy) is 1. The lowest BCUT2D eigenvalue weighted by atomic mass is 10.1. The lowest BCUT2D eigenvalue weighted by Crippen LogP contribution is -2.03. The van der Waals surface area contributed by atoms with Crippen molar-refractivity contribution in [2.45, 2.75) is 19.8 Å². The van der Waals surface area contributed by atoms with E-state index in [2.05, 4.69) is 28.7 Å². The molecular weight excluding hydrogens is 274 g/mol. The van der Waals surface area contributed by atoms with E-state index in [1.165, 1.54) is 5.56 Å². The molecule has 3 aromatic rings. The van der Waals surface area contributed by atoms with E-state index in [9.17, 15) is 4.79 Å². The molecule has 1 aromatic carbocycles. The van der Waals surface area contributed by atoms with E-state index in [0.29, 0.717) is 12.2 Å². The summed E-state index contributed by atoms with van der Waals surface area (Å²) in [6.07, 6.45) is 3.83. The molecule has 2 aromatic heterocycles. The Kier molecular flexibility index (Phi) is 4.24. The fourth-order valence-electron chi connectivity index (χ4n) is 2.71. The molecular formula is C19H19NO2. The molecule has 22 heavy (non-hydrogen) atoms. The topological polar surface area (TPSA) is 30.7 Å². The molecule has 0 fully saturated rings. The van der Waals surface area contributed by atoms with Crippen LogP contribution < -0.4 is 0 Å². The van der Waals surface area contributed by atoms with Gasteiger partial charge in [0.25, 0.3) is 0 Å². The summed E-state index contributed by atoms with van der Waals surface area (Å²) in [6, 6.07) is 18.2. The number of aryl methyl sites for hydroxylation is 2. The first-order valence-corrected chi connectivity index (χ1v) is 7.59. The van der Waals surface area contributed by atoms with Crippen LogP contribution in [-0.4, -0.2) is 17.0 Å². The number of esters is 1. The van der Waals surface area contributed by atoms with Crippen molar-refractivity contribution >= 4 is 11.5 Å². The Balaban J connectivity index is 1.91. The predicted octanol–water partition coefficient (Wildman–Crippen LogP) is 3.90. The van der Waals surface area contributed by atoms with Gasteiger partial charge < -0.3 is 9.14 Å². The molecule has 112 valence electrons. The zero-order chi connectivity index (χ0) is 15.4. The van der Waals surface area contributed by atoms with Crippen molar-refractivity contribution in [2.75, 3.05) is 6.61 Å². The molecule has 0 N–H and O–H groups in total. The van der Waals surface area contributed by atoms with Crippen LogP contribution in [-0.2, 0) is 17.6 Å². The maximum absolute atomic E-state index is 12.1. The van der Waals surface area contributed by atoms with Crippen molar-refractivity contribution in [3.63, 3.8) is 0 Å². The minimum atomic E-state index is -0.253. The van der Waals surface area contributed by atoms with E-state index in [0.717, 1.165) is 24.1 Å². The average molecular weight is 293 g/mol. The van der Waals surface area contributed by atoms with Crippen molar-refractivity contribution < 1.29 is 9.53 Å². The Morgan fingerprint density at radius 1 is 1.05 bits per heavy atom. The highest BCUT2D eigenvalue weighted by Crippen LogP contribution is 2.19. The quantitative estimate of drug-likeness (QED) is 0.668. The van der Waals surface area contributed by atoms with Gasteiger partial charge >= 0.3 is 5.97 Å². The molecule has 0 aliphatic carbocycles. The lowest BCUT2D eigenvalue weighted by molar-refractivity contribution is 0.0529. The summed E-state index contributed by atoms with van der Waals surface area (Å²) < 4.78 is 7.24. The fourth-order valence-corrected chi connectivity index (χ4v) is 2.71. The maximum atomic E-state index is 12.1. The second kappa shape index (κ2) is 6.48. The van der Waals surface area contributed by atoms with Gasteiger partial charge in [-0.1, -0.05) is 36.4 Å². The summed E-state index contributed by atoms with van der Waals surface area (Å²) in [7, 11) is 0. The fraction of sp³-hybridized carbons (Fsp3) is 0.211. The maximum Gasteiger partial charge on any atom is 0.340 e. The Bertz CT molecular complexity index is 774. The van der Waals surface area contributed by atoms with E-state index >= 15 is 0 Å². The molecule has 0 aliphatic rings. The zero-order valence-corrected chi connectivity index (χ0v) is 12.7. The monoisotopic (exact) mass is 293 g/mol. The van der Waals surface area contributed by atoms with Gasteiger partial charge in [0.15, 0.2) is 0 Å². The molecule has 0 atom stereocenters. The van der Waals surface area contributed by atoms with Gasteiger partial charge in [-0.3, -0.25) is 0 Å². The molecule has 0 saturated carbocycles. The lowest BCUT2D eigenvalue weighted by Gasteiger charge is -2.03. The normalized spacial score (nSPS) is 10.8. The van der Waals surface area contributed by atoms with Crippen molar-refractivity contribution in [3.8, 4) is 0 Å². The minimum Gasteiger partial charge on any atom is -0.462 e. The van der Waals surface area contributed by atoms with Gasteiger partial charge in [0, 0.05) is 11.9 Å². The third-order valence-corrected chi connectivity index (χ3v) is 3.76. The molecule has 0 amide bonds. The minimum absolute atomic E-state index is 0.253. The largest absolute Gasteiger partial charge is 0.462 e. The SMILES string of the molecule is CCOC(=O)c1cc(CCc2ccccc2)n2ccccc12. The average Bonchev–Trinajstić information content (AvgIpc) is 2.93. The first kappa shape index (κ1) is 14.4. The third-order valence-electron chi connectivity index (χ3n) is 3.76. The Morgan fingerprint density at radius 2 is 1.82 bits per heavy atom. The molecule has 0 saturated heterocycles. The van der Waals surface area contributed by atoms with Crippen LogP contribution in [0.1, 0.15) is 28.5 Å². The molecule has 0 spiro atoms.